The van der Waals surface area contributed by atoms with Crippen LogP contribution < -0.4 is 4.90 Å². The predicted octanol–water partition coefficient (Wildman–Crippen LogP) is 4.01. The summed E-state index contributed by atoms with van der Waals surface area (Å²) >= 11 is 6.37. The second-order valence-corrected chi connectivity index (χ2v) is 6.34. The molecule has 1 aliphatic heterocycles. The number of pyridine rings is 1. The fourth-order valence-corrected chi connectivity index (χ4v) is 3.22. The third-order valence-electron chi connectivity index (χ3n) is 4.35. The molecule has 120 valence electrons. The quantitative estimate of drug-likeness (QED) is 0.923. The lowest BCUT2D eigenvalue weighted by Gasteiger charge is -2.31. The highest BCUT2D eigenvalue weighted by molar-refractivity contribution is 6.34. The zero-order chi connectivity index (χ0) is 16.4. The summed E-state index contributed by atoms with van der Waals surface area (Å²) < 4.78 is 0. The number of carboxylic acids is 1. The first-order chi connectivity index (χ1) is 11.1. The highest BCUT2D eigenvalue weighted by Crippen LogP contribution is 2.31. The second kappa shape index (κ2) is 6.59. The standard InChI is InChI=1S/C18H19ClN2O2/c1-12-4-2-6-15(17(12)19)13-7-8-16(20-10-13)21-9-3-5-14(11-21)18(22)23/h2,4,6-8,10,14H,3,5,9,11H2,1H3,(H,22,23). The zero-order valence-electron chi connectivity index (χ0n) is 13.0. The minimum absolute atomic E-state index is 0.309. The minimum atomic E-state index is -0.724. The Hall–Kier alpha value is -2.07. The van der Waals surface area contributed by atoms with Gasteiger partial charge in [-0.3, -0.25) is 4.79 Å². The van der Waals surface area contributed by atoms with Crippen molar-refractivity contribution in [3.05, 3.63) is 47.1 Å². The van der Waals surface area contributed by atoms with Crippen molar-refractivity contribution >= 4 is 23.4 Å². The summed E-state index contributed by atoms with van der Waals surface area (Å²) in [6, 6.07) is 9.87. The molecule has 0 saturated carbocycles. The van der Waals surface area contributed by atoms with Gasteiger partial charge >= 0.3 is 5.97 Å². The van der Waals surface area contributed by atoms with Crippen molar-refractivity contribution in [2.24, 2.45) is 5.92 Å². The Labute approximate surface area is 140 Å². The van der Waals surface area contributed by atoms with Crippen LogP contribution in [0.3, 0.4) is 0 Å². The monoisotopic (exact) mass is 330 g/mol. The molecule has 1 aliphatic rings. The predicted molar refractivity (Wildman–Crippen MR) is 92.0 cm³/mol. The molecule has 0 radical (unpaired) electrons. The van der Waals surface area contributed by atoms with E-state index in [1.165, 1.54) is 0 Å². The van der Waals surface area contributed by atoms with Crippen LogP contribution in [0.2, 0.25) is 5.02 Å². The number of halogens is 1. The van der Waals surface area contributed by atoms with E-state index in [2.05, 4.69) is 4.98 Å². The van der Waals surface area contributed by atoms with Gasteiger partial charge in [-0.25, -0.2) is 4.98 Å². The molecule has 3 rings (SSSR count). The van der Waals surface area contributed by atoms with E-state index in [1.807, 2.05) is 42.2 Å². The number of benzene rings is 1. The molecule has 5 heteroatoms. The van der Waals surface area contributed by atoms with E-state index in [-0.39, 0.29) is 5.92 Å². The molecule has 1 aromatic carbocycles. The molecule has 0 spiro atoms. The van der Waals surface area contributed by atoms with Crippen molar-refractivity contribution in [2.75, 3.05) is 18.0 Å². The number of hydrogen-bond acceptors (Lipinski definition) is 3. The molecule has 2 heterocycles. The van der Waals surface area contributed by atoms with Gasteiger partial charge in [0.2, 0.25) is 0 Å². The normalized spacial score (nSPS) is 18.0. The highest BCUT2D eigenvalue weighted by Gasteiger charge is 2.26. The van der Waals surface area contributed by atoms with Gasteiger partial charge in [-0.05, 0) is 37.5 Å². The SMILES string of the molecule is Cc1cccc(-c2ccc(N3CCCC(C(=O)O)C3)nc2)c1Cl. The number of carbonyl (C=O) groups is 1. The zero-order valence-corrected chi connectivity index (χ0v) is 13.8. The largest absolute Gasteiger partial charge is 0.481 e. The van der Waals surface area contributed by atoms with Gasteiger partial charge in [0, 0.05) is 30.4 Å². The molecule has 0 amide bonds. The van der Waals surface area contributed by atoms with Crippen molar-refractivity contribution in [1.29, 1.82) is 0 Å². The lowest BCUT2D eigenvalue weighted by Crippen LogP contribution is -2.39. The van der Waals surface area contributed by atoms with Gasteiger partial charge in [-0.2, -0.15) is 0 Å². The molecule has 2 aromatic rings. The van der Waals surface area contributed by atoms with E-state index >= 15 is 0 Å². The average molecular weight is 331 g/mol. The summed E-state index contributed by atoms with van der Waals surface area (Å²) in [4.78, 5) is 17.7. The Morgan fingerprint density at radius 2 is 2.17 bits per heavy atom. The van der Waals surface area contributed by atoms with Gasteiger partial charge in [0.15, 0.2) is 0 Å². The lowest BCUT2D eigenvalue weighted by atomic mass is 9.98. The Balaban J connectivity index is 1.82. The van der Waals surface area contributed by atoms with Crippen LogP contribution in [0.5, 0.6) is 0 Å². The smallest absolute Gasteiger partial charge is 0.308 e. The van der Waals surface area contributed by atoms with E-state index in [9.17, 15) is 9.90 Å². The Kier molecular flexibility index (Phi) is 4.53. The van der Waals surface area contributed by atoms with Crippen molar-refractivity contribution < 1.29 is 9.90 Å². The van der Waals surface area contributed by atoms with Crippen LogP contribution in [0, 0.1) is 12.8 Å². The maximum absolute atomic E-state index is 11.2. The maximum atomic E-state index is 11.2. The third kappa shape index (κ3) is 3.32. The molecule has 1 unspecified atom stereocenters. The fourth-order valence-electron chi connectivity index (χ4n) is 2.99. The molecule has 4 nitrogen and oxygen atoms in total. The minimum Gasteiger partial charge on any atom is -0.481 e. The molecule has 1 fully saturated rings. The van der Waals surface area contributed by atoms with Crippen molar-refractivity contribution in [3.63, 3.8) is 0 Å². The van der Waals surface area contributed by atoms with Crippen molar-refractivity contribution in [1.82, 2.24) is 4.98 Å². The summed E-state index contributed by atoms with van der Waals surface area (Å²) in [5, 5.41) is 9.93. The highest BCUT2D eigenvalue weighted by atomic mass is 35.5. The number of aliphatic carboxylic acids is 1. The van der Waals surface area contributed by atoms with Crippen LogP contribution in [0.4, 0.5) is 5.82 Å². The van der Waals surface area contributed by atoms with Gasteiger partial charge < -0.3 is 10.0 Å². The third-order valence-corrected chi connectivity index (χ3v) is 4.85. The molecule has 1 N–H and O–H groups in total. The van der Waals surface area contributed by atoms with Gasteiger partial charge in [-0.1, -0.05) is 29.8 Å². The number of anilines is 1. The number of rotatable bonds is 3. The van der Waals surface area contributed by atoms with Crippen LogP contribution in [-0.4, -0.2) is 29.1 Å². The van der Waals surface area contributed by atoms with Crippen LogP contribution >= 0.6 is 11.6 Å². The first-order valence-electron chi connectivity index (χ1n) is 7.75. The van der Waals surface area contributed by atoms with Crippen LogP contribution in [0.15, 0.2) is 36.5 Å². The van der Waals surface area contributed by atoms with E-state index < -0.39 is 5.97 Å². The molecule has 1 aromatic heterocycles. The number of hydrogen-bond donors (Lipinski definition) is 1. The maximum Gasteiger partial charge on any atom is 0.308 e. The van der Waals surface area contributed by atoms with Gasteiger partial charge in [0.05, 0.1) is 10.9 Å². The first-order valence-corrected chi connectivity index (χ1v) is 8.13. The summed E-state index contributed by atoms with van der Waals surface area (Å²) in [7, 11) is 0. The van der Waals surface area contributed by atoms with Crippen LogP contribution in [-0.2, 0) is 4.79 Å². The van der Waals surface area contributed by atoms with Gasteiger partial charge in [0.1, 0.15) is 5.82 Å². The number of aryl methyl sites for hydroxylation is 1. The molecule has 1 saturated heterocycles. The van der Waals surface area contributed by atoms with Gasteiger partial charge in [-0.15, -0.1) is 0 Å². The Morgan fingerprint density at radius 3 is 2.87 bits per heavy atom. The lowest BCUT2D eigenvalue weighted by molar-refractivity contribution is -0.141. The molecular weight excluding hydrogens is 312 g/mol. The first kappa shape index (κ1) is 15.8. The summed E-state index contributed by atoms with van der Waals surface area (Å²) in [6.07, 6.45) is 3.42. The van der Waals surface area contributed by atoms with Crippen molar-refractivity contribution in [2.45, 2.75) is 19.8 Å². The summed E-state index contributed by atoms with van der Waals surface area (Å²) in [5.41, 5.74) is 2.97. The molecule has 0 aliphatic carbocycles. The summed E-state index contributed by atoms with van der Waals surface area (Å²) in [5.74, 6) is -0.210. The van der Waals surface area contributed by atoms with E-state index in [0.29, 0.717) is 6.54 Å². The number of carboxylic acid groups (broad SMARTS) is 1. The van der Waals surface area contributed by atoms with E-state index in [0.717, 1.165) is 46.9 Å². The molecular formula is C18H19ClN2O2. The van der Waals surface area contributed by atoms with E-state index in [4.69, 9.17) is 11.6 Å². The molecule has 1 atom stereocenters. The topological polar surface area (TPSA) is 53.4 Å². The van der Waals surface area contributed by atoms with Crippen molar-refractivity contribution in [3.8, 4) is 11.1 Å². The fraction of sp³-hybridized carbons (Fsp3) is 0.333. The Morgan fingerprint density at radius 1 is 1.35 bits per heavy atom. The number of aromatic nitrogens is 1. The van der Waals surface area contributed by atoms with Gasteiger partial charge in [0.25, 0.3) is 0 Å². The molecule has 23 heavy (non-hydrogen) atoms. The second-order valence-electron chi connectivity index (χ2n) is 5.96. The number of piperidine rings is 1. The van der Waals surface area contributed by atoms with Crippen LogP contribution in [0.25, 0.3) is 11.1 Å². The Bertz CT molecular complexity index is 715. The number of nitrogens with zero attached hydrogens (tertiary/aromatic N) is 2. The van der Waals surface area contributed by atoms with Crippen LogP contribution in [0.1, 0.15) is 18.4 Å². The average Bonchev–Trinajstić information content (AvgIpc) is 2.58. The van der Waals surface area contributed by atoms with E-state index in [1.54, 1.807) is 6.20 Å². The molecule has 0 bridgehead atoms. The summed E-state index contributed by atoms with van der Waals surface area (Å²) in [6.45, 7) is 3.35.